The molecule has 0 fully saturated rings. The molecule has 2 heterocycles. The van der Waals surface area contributed by atoms with Crippen molar-refractivity contribution in [2.24, 2.45) is 25.6 Å². The van der Waals surface area contributed by atoms with Crippen molar-refractivity contribution in [3.05, 3.63) is 33.9 Å². The minimum absolute atomic E-state index is 0.384. The highest BCUT2D eigenvalue weighted by molar-refractivity contribution is 5.93. The molecule has 2 rings (SSSR count). The number of carbonyl (C=O) groups is 2. The summed E-state index contributed by atoms with van der Waals surface area (Å²) in [6, 6.07) is 0. The van der Waals surface area contributed by atoms with Crippen LogP contribution in [0.2, 0.25) is 0 Å². The maximum absolute atomic E-state index is 10.9. The maximum Gasteiger partial charge on any atom is 0.269 e. The number of primary amides is 2. The number of aromatic nitrogens is 4. The van der Waals surface area contributed by atoms with Crippen LogP contribution in [0.1, 0.15) is 57.3 Å². The highest BCUT2D eigenvalue weighted by Gasteiger charge is 2.15. The normalized spacial score (nSPS) is 10.2. The number of nitrogens with zero attached hydrogens (tertiary/aromatic N) is 4. The van der Waals surface area contributed by atoms with Crippen LogP contribution in [0.25, 0.3) is 0 Å². The summed E-state index contributed by atoms with van der Waals surface area (Å²) in [5.74, 6) is -0.870. The molecule has 0 aromatic carbocycles. The van der Waals surface area contributed by atoms with E-state index in [1.54, 1.807) is 11.7 Å². The molecule has 8 heteroatoms. The predicted molar refractivity (Wildman–Crippen MR) is 91.7 cm³/mol. The Morgan fingerprint density at radius 2 is 1.50 bits per heavy atom. The Hall–Kier alpha value is -2.64. The lowest BCUT2D eigenvalue weighted by Gasteiger charge is -1.96. The average molecular weight is 334 g/mol. The second-order valence-electron chi connectivity index (χ2n) is 5.52. The lowest BCUT2D eigenvalue weighted by molar-refractivity contribution is 0.0984. The van der Waals surface area contributed by atoms with Gasteiger partial charge in [0.25, 0.3) is 11.8 Å². The van der Waals surface area contributed by atoms with Crippen molar-refractivity contribution in [3.8, 4) is 0 Å². The standard InChI is InChI=1S/2C8H13N3O/c1-4-6-5(2)7(8(9)12)10-11(6)3;1-4-6-5(2)7(8(9)12)11(3)10-6/h2*4H2,1-3H3,(H2,9,12). The van der Waals surface area contributed by atoms with E-state index in [-0.39, 0.29) is 0 Å². The molecule has 0 radical (unpaired) electrons. The van der Waals surface area contributed by atoms with Crippen LogP contribution in [0.4, 0.5) is 0 Å². The zero-order valence-corrected chi connectivity index (χ0v) is 15.2. The molecule has 0 unspecified atom stereocenters. The summed E-state index contributed by atoms with van der Waals surface area (Å²) in [6.45, 7) is 7.76. The zero-order chi connectivity index (χ0) is 18.6. The van der Waals surface area contributed by atoms with E-state index in [0.29, 0.717) is 11.4 Å². The summed E-state index contributed by atoms with van der Waals surface area (Å²) in [7, 11) is 3.55. The van der Waals surface area contributed by atoms with E-state index in [2.05, 4.69) is 10.2 Å². The monoisotopic (exact) mass is 334 g/mol. The summed E-state index contributed by atoms with van der Waals surface area (Å²) in [5, 5.41) is 8.19. The van der Waals surface area contributed by atoms with Crippen molar-refractivity contribution in [1.29, 1.82) is 0 Å². The Bertz CT molecular complexity index is 757. The van der Waals surface area contributed by atoms with Gasteiger partial charge in [-0.05, 0) is 26.7 Å². The average Bonchev–Trinajstić information content (AvgIpc) is 2.95. The predicted octanol–water partition coefficient (Wildman–Crippen LogP) is 0.780. The van der Waals surface area contributed by atoms with Gasteiger partial charge < -0.3 is 11.5 Å². The van der Waals surface area contributed by atoms with Crippen molar-refractivity contribution >= 4 is 11.8 Å². The third-order valence-corrected chi connectivity index (χ3v) is 3.95. The van der Waals surface area contributed by atoms with Crippen molar-refractivity contribution in [2.45, 2.75) is 40.5 Å². The Kier molecular flexibility index (Phi) is 6.27. The largest absolute Gasteiger partial charge is 0.364 e. The quantitative estimate of drug-likeness (QED) is 0.857. The molecule has 0 saturated heterocycles. The van der Waals surface area contributed by atoms with Gasteiger partial charge in [-0.3, -0.25) is 19.0 Å². The molecule has 2 aromatic rings. The summed E-state index contributed by atoms with van der Waals surface area (Å²) in [6.07, 6.45) is 1.69. The molecule has 4 N–H and O–H groups in total. The van der Waals surface area contributed by atoms with Gasteiger partial charge in [0.15, 0.2) is 5.69 Å². The molecular weight excluding hydrogens is 308 g/mol. The van der Waals surface area contributed by atoms with Crippen LogP contribution in [0.15, 0.2) is 0 Å². The lowest BCUT2D eigenvalue weighted by Crippen LogP contribution is -2.16. The first-order chi connectivity index (χ1) is 11.1. The van der Waals surface area contributed by atoms with E-state index >= 15 is 0 Å². The van der Waals surface area contributed by atoms with Gasteiger partial charge in [-0.2, -0.15) is 10.2 Å². The topological polar surface area (TPSA) is 122 Å². The smallest absolute Gasteiger partial charge is 0.269 e. The van der Waals surface area contributed by atoms with Crippen molar-refractivity contribution in [1.82, 2.24) is 19.6 Å². The first-order valence-corrected chi connectivity index (χ1v) is 7.80. The molecule has 2 aromatic heterocycles. The second kappa shape index (κ2) is 7.76. The van der Waals surface area contributed by atoms with E-state index in [4.69, 9.17) is 11.5 Å². The van der Waals surface area contributed by atoms with Gasteiger partial charge in [-0.25, -0.2) is 0 Å². The van der Waals surface area contributed by atoms with Gasteiger partial charge >= 0.3 is 0 Å². The van der Waals surface area contributed by atoms with E-state index in [1.165, 1.54) is 4.68 Å². The fourth-order valence-electron chi connectivity index (χ4n) is 2.76. The van der Waals surface area contributed by atoms with Crippen LogP contribution in [-0.2, 0) is 26.9 Å². The Labute approximate surface area is 141 Å². The van der Waals surface area contributed by atoms with Crippen LogP contribution in [-0.4, -0.2) is 31.4 Å². The van der Waals surface area contributed by atoms with Crippen LogP contribution >= 0.6 is 0 Å². The third kappa shape index (κ3) is 3.81. The fourth-order valence-corrected chi connectivity index (χ4v) is 2.76. The molecule has 24 heavy (non-hydrogen) atoms. The van der Waals surface area contributed by atoms with Gasteiger partial charge in [0.1, 0.15) is 5.69 Å². The summed E-state index contributed by atoms with van der Waals surface area (Å²) < 4.78 is 3.24. The molecule has 0 saturated carbocycles. The highest BCUT2D eigenvalue weighted by atomic mass is 16.1. The molecular formula is C16H26N6O2. The number of carbonyl (C=O) groups excluding carboxylic acids is 2. The molecule has 0 spiro atoms. The van der Waals surface area contributed by atoms with Gasteiger partial charge in [-0.15, -0.1) is 0 Å². The highest BCUT2D eigenvalue weighted by Crippen LogP contribution is 2.12. The van der Waals surface area contributed by atoms with Crippen LogP contribution < -0.4 is 11.5 Å². The zero-order valence-electron chi connectivity index (χ0n) is 15.2. The summed E-state index contributed by atoms with van der Waals surface area (Å²) >= 11 is 0. The Balaban J connectivity index is 0.000000240. The van der Waals surface area contributed by atoms with Crippen molar-refractivity contribution < 1.29 is 9.59 Å². The molecule has 2 amide bonds. The first-order valence-electron chi connectivity index (χ1n) is 7.80. The molecule has 0 atom stereocenters. The molecule has 0 aliphatic heterocycles. The Morgan fingerprint density at radius 3 is 1.75 bits per heavy atom. The van der Waals surface area contributed by atoms with Gasteiger partial charge in [0, 0.05) is 30.9 Å². The number of hydrogen-bond donors (Lipinski definition) is 2. The summed E-state index contributed by atoms with van der Waals surface area (Å²) in [5.41, 5.74) is 15.0. The van der Waals surface area contributed by atoms with Gasteiger partial charge in [0.05, 0.1) is 5.69 Å². The van der Waals surface area contributed by atoms with Gasteiger partial charge in [0.2, 0.25) is 0 Å². The first kappa shape index (κ1) is 19.4. The van der Waals surface area contributed by atoms with Crippen LogP contribution in [0, 0.1) is 13.8 Å². The SMILES string of the molecule is CCc1c(C)c(C(N)=O)nn1C.CCc1nn(C)c(C(N)=O)c1C. The maximum atomic E-state index is 10.9. The minimum Gasteiger partial charge on any atom is -0.364 e. The number of amides is 2. The molecule has 0 aliphatic rings. The third-order valence-electron chi connectivity index (χ3n) is 3.95. The molecule has 8 nitrogen and oxygen atoms in total. The molecule has 0 aliphatic carbocycles. The Morgan fingerprint density at radius 1 is 0.917 bits per heavy atom. The van der Waals surface area contributed by atoms with Crippen molar-refractivity contribution in [2.75, 3.05) is 0 Å². The second-order valence-corrected chi connectivity index (χ2v) is 5.52. The fraction of sp³-hybridized carbons (Fsp3) is 0.500. The minimum atomic E-state index is -0.456. The van der Waals surface area contributed by atoms with E-state index in [9.17, 15) is 9.59 Å². The van der Waals surface area contributed by atoms with E-state index in [0.717, 1.165) is 35.4 Å². The van der Waals surface area contributed by atoms with E-state index < -0.39 is 11.8 Å². The van der Waals surface area contributed by atoms with Crippen LogP contribution in [0.3, 0.4) is 0 Å². The number of rotatable bonds is 4. The summed E-state index contributed by atoms with van der Waals surface area (Å²) in [4.78, 5) is 21.8. The van der Waals surface area contributed by atoms with Gasteiger partial charge in [-0.1, -0.05) is 13.8 Å². The molecule has 132 valence electrons. The number of nitrogens with two attached hydrogens (primary N) is 2. The van der Waals surface area contributed by atoms with Crippen LogP contribution in [0.5, 0.6) is 0 Å². The molecule has 0 bridgehead atoms. The number of hydrogen-bond acceptors (Lipinski definition) is 4. The number of aryl methyl sites for hydroxylation is 3. The van der Waals surface area contributed by atoms with E-state index in [1.807, 2.05) is 34.7 Å². The van der Waals surface area contributed by atoms with Crippen molar-refractivity contribution in [3.63, 3.8) is 0 Å². The lowest BCUT2D eigenvalue weighted by atomic mass is 10.1.